The van der Waals surface area contributed by atoms with Crippen LogP contribution in [0.2, 0.25) is 0 Å². The molecule has 1 N–H and O–H groups in total. The Labute approximate surface area is 86.8 Å². The minimum absolute atomic E-state index is 0.141. The van der Waals surface area contributed by atoms with Crippen molar-refractivity contribution < 1.29 is 0 Å². The predicted octanol–water partition coefficient (Wildman–Crippen LogP) is 1.08. The lowest BCUT2D eigenvalue weighted by Crippen LogP contribution is -2.14. The number of aromatic amines is 1. The van der Waals surface area contributed by atoms with E-state index < -0.39 is 0 Å². The molecule has 2 rings (SSSR count). The van der Waals surface area contributed by atoms with E-state index in [1.807, 2.05) is 13.8 Å². The molecule has 15 heavy (non-hydrogen) atoms. The molecular formula is C10H12N4O. The number of H-pyrrole nitrogens is 1. The lowest BCUT2D eigenvalue weighted by Gasteiger charge is -2.06. The maximum atomic E-state index is 11.4. The van der Waals surface area contributed by atoms with E-state index >= 15 is 0 Å². The van der Waals surface area contributed by atoms with Crippen molar-refractivity contribution in [1.29, 1.82) is 0 Å². The summed E-state index contributed by atoms with van der Waals surface area (Å²) in [6, 6.07) is 1.45. The highest BCUT2D eigenvalue weighted by atomic mass is 16.1. The van der Waals surface area contributed by atoms with Gasteiger partial charge in [0.15, 0.2) is 0 Å². The van der Waals surface area contributed by atoms with Crippen LogP contribution in [0, 0.1) is 0 Å². The minimum Gasteiger partial charge on any atom is -0.310 e. The van der Waals surface area contributed by atoms with Crippen LogP contribution in [-0.4, -0.2) is 19.5 Å². The van der Waals surface area contributed by atoms with Gasteiger partial charge in [0.2, 0.25) is 0 Å². The average molecular weight is 204 g/mol. The van der Waals surface area contributed by atoms with Gasteiger partial charge in [0, 0.05) is 24.4 Å². The van der Waals surface area contributed by atoms with Crippen LogP contribution in [-0.2, 0) is 0 Å². The minimum atomic E-state index is -0.141. The molecule has 0 amide bonds. The molecule has 0 aromatic carbocycles. The smallest absolute Gasteiger partial charge is 0.253 e. The first-order chi connectivity index (χ1) is 7.16. The third-order valence-electron chi connectivity index (χ3n) is 2.06. The van der Waals surface area contributed by atoms with Crippen LogP contribution < -0.4 is 5.56 Å². The zero-order valence-electron chi connectivity index (χ0n) is 8.64. The van der Waals surface area contributed by atoms with Crippen LogP contribution in [0.5, 0.6) is 0 Å². The molecular weight excluding hydrogens is 192 g/mol. The number of imidazole rings is 1. The first-order valence-electron chi connectivity index (χ1n) is 4.76. The van der Waals surface area contributed by atoms with Crippen molar-refractivity contribution in [3.63, 3.8) is 0 Å². The molecule has 5 heteroatoms. The molecule has 2 aromatic rings. The Morgan fingerprint density at radius 1 is 1.47 bits per heavy atom. The van der Waals surface area contributed by atoms with Gasteiger partial charge in [0.05, 0.1) is 0 Å². The van der Waals surface area contributed by atoms with E-state index in [-0.39, 0.29) is 11.5 Å². The number of nitrogens with one attached hydrogen (secondary N) is 1. The van der Waals surface area contributed by atoms with Crippen LogP contribution in [0.25, 0.3) is 5.82 Å². The highest BCUT2D eigenvalue weighted by molar-refractivity contribution is 5.21. The highest BCUT2D eigenvalue weighted by Crippen LogP contribution is 2.08. The zero-order chi connectivity index (χ0) is 10.8. The molecule has 0 saturated heterocycles. The third-order valence-corrected chi connectivity index (χ3v) is 2.06. The van der Waals surface area contributed by atoms with Gasteiger partial charge in [0.1, 0.15) is 18.0 Å². The molecule has 0 radical (unpaired) electrons. The molecule has 0 aliphatic rings. The molecule has 0 spiro atoms. The van der Waals surface area contributed by atoms with Gasteiger partial charge in [0.25, 0.3) is 5.56 Å². The van der Waals surface area contributed by atoms with E-state index in [2.05, 4.69) is 15.0 Å². The van der Waals surface area contributed by atoms with Gasteiger partial charge in [-0.15, -0.1) is 0 Å². The molecule has 5 nitrogen and oxygen atoms in total. The van der Waals surface area contributed by atoms with E-state index in [4.69, 9.17) is 0 Å². The van der Waals surface area contributed by atoms with Crippen molar-refractivity contribution in [3.05, 3.63) is 41.0 Å². The SMILES string of the molecule is CC(C)c1nc(-n2ccnc2)cc(=O)[nH]1. The van der Waals surface area contributed by atoms with E-state index in [0.29, 0.717) is 11.6 Å². The Morgan fingerprint density at radius 2 is 2.27 bits per heavy atom. The number of hydrogen-bond acceptors (Lipinski definition) is 3. The van der Waals surface area contributed by atoms with Crippen molar-refractivity contribution in [3.8, 4) is 5.82 Å². The van der Waals surface area contributed by atoms with E-state index in [1.54, 1.807) is 23.3 Å². The summed E-state index contributed by atoms with van der Waals surface area (Å²) in [7, 11) is 0. The number of aromatic nitrogens is 4. The van der Waals surface area contributed by atoms with Gasteiger partial charge in [-0.1, -0.05) is 13.8 Å². The Kier molecular flexibility index (Phi) is 2.37. The Morgan fingerprint density at radius 3 is 2.87 bits per heavy atom. The summed E-state index contributed by atoms with van der Waals surface area (Å²) in [5, 5.41) is 0. The van der Waals surface area contributed by atoms with Gasteiger partial charge in [-0.05, 0) is 0 Å². The van der Waals surface area contributed by atoms with Crippen molar-refractivity contribution in [2.75, 3.05) is 0 Å². The van der Waals surface area contributed by atoms with E-state index in [1.165, 1.54) is 6.07 Å². The molecule has 0 aliphatic heterocycles. The molecule has 0 bridgehead atoms. The summed E-state index contributed by atoms with van der Waals surface area (Å²) < 4.78 is 1.71. The number of rotatable bonds is 2. The number of hydrogen-bond donors (Lipinski definition) is 1. The summed E-state index contributed by atoms with van der Waals surface area (Å²) in [6.45, 7) is 3.96. The van der Waals surface area contributed by atoms with E-state index in [9.17, 15) is 4.79 Å². The van der Waals surface area contributed by atoms with Crippen LogP contribution in [0.4, 0.5) is 0 Å². The van der Waals surface area contributed by atoms with Crippen molar-refractivity contribution in [1.82, 2.24) is 19.5 Å². The fourth-order valence-electron chi connectivity index (χ4n) is 1.26. The van der Waals surface area contributed by atoms with E-state index in [0.717, 1.165) is 0 Å². The van der Waals surface area contributed by atoms with Gasteiger partial charge >= 0.3 is 0 Å². The first-order valence-corrected chi connectivity index (χ1v) is 4.76. The van der Waals surface area contributed by atoms with Crippen LogP contribution in [0.15, 0.2) is 29.6 Å². The molecule has 2 heterocycles. The summed E-state index contributed by atoms with van der Waals surface area (Å²) >= 11 is 0. The predicted molar refractivity (Wildman–Crippen MR) is 56.1 cm³/mol. The molecule has 0 aliphatic carbocycles. The maximum absolute atomic E-state index is 11.4. The summed E-state index contributed by atoms with van der Waals surface area (Å²) in [5.41, 5.74) is -0.141. The second kappa shape index (κ2) is 3.68. The Hall–Kier alpha value is -1.91. The lowest BCUT2D eigenvalue weighted by molar-refractivity contribution is 0.754. The monoisotopic (exact) mass is 204 g/mol. The molecule has 0 unspecified atom stereocenters. The molecule has 0 saturated carbocycles. The van der Waals surface area contributed by atoms with Crippen molar-refractivity contribution >= 4 is 0 Å². The summed E-state index contributed by atoms with van der Waals surface area (Å²) in [4.78, 5) is 22.3. The van der Waals surface area contributed by atoms with Crippen molar-refractivity contribution in [2.45, 2.75) is 19.8 Å². The fourth-order valence-corrected chi connectivity index (χ4v) is 1.26. The third kappa shape index (κ3) is 1.96. The Balaban J connectivity index is 2.54. The second-order valence-corrected chi connectivity index (χ2v) is 3.61. The molecule has 2 aromatic heterocycles. The summed E-state index contributed by atoms with van der Waals surface area (Å²) in [6.07, 6.45) is 5.02. The van der Waals surface area contributed by atoms with Gasteiger partial charge < -0.3 is 4.98 Å². The standard InChI is InChI=1S/C10H12N4O/c1-7(2)10-12-8(5-9(15)13-10)14-4-3-11-6-14/h3-7H,1-2H3,(H,12,13,15). The van der Waals surface area contributed by atoms with Gasteiger partial charge in [-0.3, -0.25) is 9.36 Å². The lowest BCUT2D eigenvalue weighted by atomic mass is 10.2. The Bertz CT molecular complexity index is 498. The molecule has 0 atom stereocenters. The molecule has 0 fully saturated rings. The maximum Gasteiger partial charge on any atom is 0.253 e. The zero-order valence-corrected chi connectivity index (χ0v) is 8.64. The van der Waals surface area contributed by atoms with Gasteiger partial charge in [-0.25, -0.2) is 9.97 Å². The van der Waals surface area contributed by atoms with Crippen molar-refractivity contribution in [2.24, 2.45) is 0 Å². The topological polar surface area (TPSA) is 63.6 Å². The fraction of sp³-hybridized carbons (Fsp3) is 0.300. The summed E-state index contributed by atoms with van der Waals surface area (Å²) in [5.74, 6) is 1.48. The average Bonchev–Trinajstić information content (AvgIpc) is 2.69. The van der Waals surface area contributed by atoms with Crippen LogP contribution in [0.1, 0.15) is 25.6 Å². The van der Waals surface area contributed by atoms with Crippen LogP contribution >= 0.6 is 0 Å². The number of nitrogens with zero attached hydrogens (tertiary/aromatic N) is 3. The molecule has 78 valence electrons. The highest BCUT2D eigenvalue weighted by Gasteiger charge is 2.05. The second-order valence-electron chi connectivity index (χ2n) is 3.61. The quantitative estimate of drug-likeness (QED) is 0.796. The first kappa shape index (κ1) is 9.64. The van der Waals surface area contributed by atoms with Gasteiger partial charge in [-0.2, -0.15) is 0 Å². The largest absolute Gasteiger partial charge is 0.310 e. The normalized spacial score (nSPS) is 10.9. The van der Waals surface area contributed by atoms with Crippen LogP contribution in [0.3, 0.4) is 0 Å².